The van der Waals surface area contributed by atoms with E-state index in [0.29, 0.717) is 0 Å². The highest BCUT2D eigenvalue weighted by Crippen LogP contribution is 2.32. The molecule has 2 nitrogen and oxygen atoms in total. The smallest absolute Gasteiger partial charge is 0.119 e. The van der Waals surface area contributed by atoms with Gasteiger partial charge in [-0.1, -0.05) is 72.8 Å². The molecule has 4 rings (SSSR count). The molecule has 0 aliphatic rings. The van der Waals surface area contributed by atoms with Crippen LogP contribution in [0.15, 0.2) is 97.1 Å². The first kappa shape index (κ1) is 16.2. The van der Waals surface area contributed by atoms with Crippen LogP contribution in [0.1, 0.15) is 17.2 Å². The fourth-order valence-corrected chi connectivity index (χ4v) is 3.34. The Morgan fingerprint density at radius 3 is 2.15 bits per heavy atom. The highest BCUT2D eigenvalue weighted by molar-refractivity contribution is 5.87. The number of hydrogen-bond acceptors (Lipinski definition) is 2. The van der Waals surface area contributed by atoms with Gasteiger partial charge < -0.3 is 10.1 Å². The fourth-order valence-electron chi connectivity index (χ4n) is 3.34. The van der Waals surface area contributed by atoms with Crippen molar-refractivity contribution in [2.75, 3.05) is 12.4 Å². The normalized spacial score (nSPS) is 11.9. The summed E-state index contributed by atoms with van der Waals surface area (Å²) in [4.78, 5) is 0. The van der Waals surface area contributed by atoms with E-state index >= 15 is 0 Å². The molecule has 1 N–H and O–H groups in total. The van der Waals surface area contributed by atoms with Crippen LogP contribution in [0, 0.1) is 0 Å². The van der Waals surface area contributed by atoms with Gasteiger partial charge in [0.25, 0.3) is 0 Å². The number of hydrogen-bond donors (Lipinski definition) is 1. The molecule has 0 bridgehead atoms. The summed E-state index contributed by atoms with van der Waals surface area (Å²) in [6.07, 6.45) is 0. The third-order valence-corrected chi connectivity index (χ3v) is 4.67. The van der Waals surface area contributed by atoms with Gasteiger partial charge in [0, 0.05) is 5.69 Å². The van der Waals surface area contributed by atoms with E-state index in [4.69, 9.17) is 4.74 Å². The van der Waals surface area contributed by atoms with Gasteiger partial charge in [0.05, 0.1) is 13.2 Å². The molecule has 1 unspecified atom stereocenters. The van der Waals surface area contributed by atoms with E-state index in [1.165, 1.54) is 21.9 Å². The molecule has 2 heteroatoms. The van der Waals surface area contributed by atoms with Gasteiger partial charge >= 0.3 is 0 Å². The molecule has 0 amide bonds. The minimum Gasteiger partial charge on any atom is -0.497 e. The molecule has 4 aromatic rings. The summed E-state index contributed by atoms with van der Waals surface area (Å²) in [5.41, 5.74) is 3.57. The second-order valence-corrected chi connectivity index (χ2v) is 6.28. The molecule has 0 aliphatic carbocycles. The molecule has 0 radical (unpaired) electrons. The molecule has 0 heterocycles. The van der Waals surface area contributed by atoms with Gasteiger partial charge in [-0.15, -0.1) is 0 Å². The monoisotopic (exact) mass is 339 g/mol. The number of methoxy groups -OCH3 is 1. The summed E-state index contributed by atoms with van der Waals surface area (Å²) >= 11 is 0. The first-order valence-corrected chi connectivity index (χ1v) is 8.78. The Hall–Kier alpha value is -3.26. The van der Waals surface area contributed by atoms with Crippen LogP contribution in [0.4, 0.5) is 5.69 Å². The lowest BCUT2D eigenvalue weighted by Crippen LogP contribution is -2.12. The molecule has 4 aromatic carbocycles. The average Bonchev–Trinajstić information content (AvgIpc) is 2.73. The Labute approximate surface area is 154 Å². The standard InChI is InChI=1S/C24H21NO/c1-26-21-16-14-20(15-17-21)25-24(19-9-3-2-4-10-19)23-13-7-11-18-8-5-6-12-22(18)23/h2-17,24-25H,1H3. The van der Waals surface area contributed by atoms with Crippen molar-refractivity contribution in [1.82, 2.24) is 0 Å². The van der Waals surface area contributed by atoms with Crippen molar-refractivity contribution < 1.29 is 4.74 Å². The maximum Gasteiger partial charge on any atom is 0.119 e. The molecule has 0 aliphatic heterocycles. The van der Waals surface area contributed by atoms with E-state index in [1.54, 1.807) is 7.11 Å². The molecule has 128 valence electrons. The van der Waals surface area contributed by atoms with Crippen molar-refractivity contribution in [3.05, 3.63) is 108 Å². The maximum atomic E-state index is 5.27. The van der Waals surface area contributed by atoms with Crippen molar-refractivity contribution >= 4 is 16.5 Å². The molecule has 0 spiro atoms. The van der Waals surface area contributed by atoms with Crippen LogP contribution in [0.25, 0.3) is 10.8 Å². The predicted octanol–water partition coefficient (Wildman–Crippen LogP) is 6.05. The molecule has 1 atom stereocenters. The van der Waals surface area contributed by atoms with Crippen molar-refractivity contribution in [2.45, 2.75) is 6.04 Å². The molecule has 0 saturated heterocycles. The lowest BCUT2D eigenvalue weighted by Gasteiger charge is -2.23. The zero-order valence-electron chi connectivity index (χ0n) is 14.7. The maximum absolute atomic E-state index is 5.27. The predicted molar refractivity (Wildman–Crippen MR) is 109 cm³/mol. The summed E-state index contributed by atoms with van der Waals surface area (Å²) < 4.78 is 5.27. The van der Waals surface area contributed by atoms with Crippen LogP contribution >= 0.6 is 0 Å². The van der Waals surface area contributed by atoms with Gasteiger partial charge in [0.15, 0.2) is 0 Å². The minimum atomic E-state index is 0.0655. The summed E-state index contributed by atoms with van der Waals surface area (Å²) in [6.45, 7) is 0. The van der Waals surface area contributed by atoms with Gasteiger partial charge in [-0.3, -0.25) is 0 Å². The molecule has 0 saturated carbocycles. The van der Waals surface area contributed by atoms with Crippen molar-refractivity contribution in [2.24, 2.45) is 0 Å². The van der Waals surface area contributed by atoms with Crippen molar-refractivity contribution in [3.8, 4) is 5.75 Å². The van der Waals surface area contributed by atoms with E-state index in [2.05, 4.69) is 90.2 Å². The van der Waals surface area contributed by atoms with E-state index in [-0.39, 0.29) is 6.04 Å². The van der Waals surface area contributed by atoms with Crippen LogP contribution in [-0.2, 0) is 0 Å². The summed E-state index contributed by atoms with van der Waals surface area (Å²) in [7, 11) is 1.69. The Balaban J connectivity index is 1.80. The Morgan fingerprint density at radius 1 is 0.692 bits per heavy atom. The summed E-state index contributed by atoms with van der Waals surface area (Å²) in [5.74, 6) is 0.858. The Morgan fingerprint density at radius 2 is 1.38 bits per heavy atom. The number of ether oxygens (including phenoxy) is 1. The topological polar surface area (TPSA) is 21.3 Å². The average molecular weight is 339 g/mol. The summed E-state index contributed by atoms with van der Waals surface area (Å²) in [6, 6.07) is 33.7. The lowest BCUT2D eigenvalue weighted by atomic mass is 9.93. The lowest BCUT2D eigenvalue weighted by molar-refractivity contribution is 0.415. The zero-order chi connectivity index (χ0) is 17.8. The first-order valence-electron chi connectivity index (χ1n) is 8.78. The SMILES string of the molecule is COc1ccc(NC(c2ccccc2)c2cccc3ccccc23)cc1. The molecule has 26 heavy (non-hydrogen) atoms. The van der Waals surface area contributed by atoms with Crippen molar-refractivity contribution in [3.63, 3.8) is 0 Å². The second kappa shape index (κ2) is 7.32. The van der Waals surface area contributed by atoms with Crippen molar-refractivity contribution in [1.29, 1.82) is 0 Å². The largest absolute Gasteiger partial charge is 0.497 e. The Kier molecular flexibility index (Phi) is 4.57. The van der Waals surface area contributed by atoms with E-state index in [0.717, 1.165) is 11.4 Å². The van der Waals surface area contributed by atoms with Gasteiger partial charge in [0.2, 0.25) is 0 Å². The van der Waals surface area contributed by atoms with Crippen LogP contribution in [0.2, 0.25) is 0 Å². The Bertz CT molecular complexity index is 988. The van der Waals surface area contributed by atoms with E-state index < -0.39 is 0 Å². The quantitative estimate of drug-likeness (QED) is 0.478. The molecular weight excluding hydrogens is 318 g/mol. The van der Waals surface area contributed by atoms with E-state index in [1.807, 2.05) is 12.1 Å². The van der Waals surface area contributed by atoms with Gasteiger partial charge in [0.1, 0.15) is 5.75 Å². The molecule has 0 fully saturated rings. The number of anilines is 1. The third-order valence-electron chi connectivity index (χ3n) is 4.67. The fraction of sp³-hybridized carbons (Fsp3) is 0.0833. The highest BCUT2D eigenvalue weighted by atomic mass is 16.5. The van der Waals surface area contributed by atoms with Crippen LogP contribution in [0.5, 0.6) is 5.75 Å². The number of nitrogens with one attached hydrogen (secondary N) is 1. The second-order valence-electron chi connectivity index (χ2n) is 6.28. The first-order chi connectivity index (χ1) is 12.8. The number of rotatable bonds is 5. The van der Waals surface area contributed by atoms with Crippen LogP contribution in [0.3, 0.4) is 0 Å². The molecular formula is C24H21NO. The third kappa shape index (κ3) is 3.27. The van der Waals surface area contributed by atoms with Gasteiger partial charge in [-0.2, -0.15) is 0 Å². The zero-order valence-corrected chi connectivity index (χ0v) is 14.7. The number of benzene rings is 4. The van der Waals surface area contributed by atoms with Gasteiger partial charge in [-0.25, -0.2) is 0 Å². The van der Waals surface area contributed by atoms with Gasteiger partial charge in [-0.05, 0) is 46.2 Å². The summed E-state index contributed by atoms with van der Waals surface area (Å²) in [5, 5.41) is 6.22. The van der Waals surface area contributed by atoms with Crippen LogP contribution in [-0.4, -0.2) is 7.11 Å². The van der Waals surface area contributed by atoms with E-state index in [9.17, 15) is 0 Å². The highest BCUT2D eigenvalue weighted by Gasteiger charge is 2.16. The van der Waals surface area contributed by atoms with Crippen LogP contribution < -0.4 is 10.1 Å². The minimum absolute atomic E-state index is 0.0655. The number of fused-ring (bicyclic) bond motifs is 1. The molecule has 0 aromatic heterocycles.